The molecule has 2 aliphatic rings. The minimum absolute atomic E-state index is 0.108. The molecule has 0 aromatic heterocycles. The first-order valence-corrected chi connectivity index (χ1v) is 12.3. The second kappa shape index (κ2) is 8.23. The summed E-state index contributed by atoms with van der Waals surface area (Å²) in [5, 5.41) is 3.74. The highest BCUT2D eigenvalue weighted by Crippen LogP contribution is 2.49. The maximum absolute atomic E-state index is 13.0. The molecular weight excluding hydrogens is 420 g/mol. The quantitative estimate of drug-likeness (QED) is 0.664. The number of rotatable bonds is 6. The van der Waals surface area contributed by atoms with Crippen LogP contribution in [0.4, 0.5) is 5.69 Å². The Labute approximate surface area is 183 Å². The van der Waals surface area contributed by atoms with Gasteiger partial charge in [-0.15, -0.1) is 0 Å². The monoisotopic (exact) mass is 446 g/mol. The van der Waals surface area contributed by atoms with Crippen molar-refractivity contribution in [3.63, 3.8) is 0 Å². The Bertz CT molecular complexity index is 1010. The largest absolute Gasteiger partial charge is 0.353 e. The fourth-order valence-electron chi connectivity index (χ4n) is 4.18. The predicted octanol–water partition coefficient (Wildman–Crippen LogP) is 4.87. The van der Waals surface area contributed by atoms with Crippen LogP contribution >= 0.6 is 11.6 Å². The van der Waals surface area contributed by atoms with Gasteiger partial charge >= 0.3 is 0 Å². The molecule has 0 heterocycles. The molecule has 0 bridgehead atoms. The molecule has 0 aliphatic heterocycles. The highest BCUT2D eigenvalue weighted by Gasteiger charge is 2.51. The van der Waals surface area contributed by atoms with Gasteiger partial charge in [0.15, 0.2) is 0 Å². The van der Waals surface area contributed by atoms with Crippen molar-refractivity contribution < 1.29 is 13.2 Å². The summed E-state index contributed by atoms with van der Waals surface area (Å²) in [6.45, 7) is 2.27. The third-order valence-electron chi connectivity index (χ3n) is 6.35. The first-order chi connectivity index (χ1) is 14.3. The van der Waals surface area contributed by atoms with Crippen molar-refractivity contribution in [3.8, 4) is 0 Å². The zero-order valence-electron chi connectivity index (χ0n) is 17.0. The zero-order chi connectivity index (χ0) is 21.4. The average Bonchev–Trinajstić information content (AvgIpc) is 3.52. The van der Waals surface area contributed by atoms with Gasteiger partial charge in [0, 0.05) is 16.8 Å². The zero-order valence-corrected chi connectivity index (χ0v) is 18.6. The molecule has 0 radical (unpaired) electrons. The van der Waals surface area contributed by atoms with Gasteiger partial charge < -0.3 is 5.32 Å². The van der Waals surface area contributed by atoms with Crippen molar-refractivity contribution in [2.24, 2.45) is 5.92 Å². The van der Waals surface area contributed by atoms with E-state index in [2.05, 4.69) is 17.0 Å². The van der Waals surface area contributed by atoms with Crippen molar-refractivity contribution >= 4 is 33.2 Å². The van der Waals surface area contributed by atoms with Crippen LogP contribution in [0, 0.1) is 5.92 Å². The molecule has 2 aromatic carbocycles. The van der Waals surface area contributed by atoms with E-state index in [1.807, 2.05) is 12.1 Å². The molecule has 2 saturated carbocycles. The Morgan fingerprint density at radius 2 is 1.57 bits per heavy atom. The van der Waals surface area contributed by atoms with E-state index in [9.17, 15) is 13.2 Å². The second-order valence-electron chi connectivity index (χ2n) is 8.65. The van der Waals surface area contributed by atoms with E-state index in [-0.39, 0.29) is 16.8 Å². The van der Waals surface area contributed by atoms with Gasteiger partial charge in [0.1, 0.15) is 0 Å². The lowest BCUT2D eigenvalue weighted by Crippen LogP contribution is -2.43. The van der Waals surface area contributed by atoms with Gasteiger partial charge in [-0.3, -0.25) is 9.52 Å². The van der Waals surface area contributed by atoms with Crippen molar-refractivity contribution in [3.05, 3.63) is 59.1 Å². The summed E-state index contributed by atoms with van der Waals surface area (Å²) in [4.78, 5) is 13.1. The number of nitrogens with one attached hydrogen (secondary N) is 2. The Morgan fingerprint density at radius 1 is 0.967 bits per heavy atom. The van der Waals surface area contributed by atoms with E-state index < -0.39 is 15.4 Å². The molecule has 0 spiro atoms. The van der Waals surface area contributed by atoms with E-state index in [4.69, 9.17) is 11.6 Å². The molecule has 2 aliphatic carbocycles. The molecule has 2 aromatic rings. The third kappa shape index (κ3) is 4.49. The first-order valence-electron chi connectivity index (χ1n) is 10.5. The molecule has 4 rings (SSSR count). The molecule has 0 atom stereocenters. The van der Waals surface area contributed by atoms with Crippen LogP contribution < -0.4 is 10.0 Å². The Balaban J connectivity index is 1.43. The topological polar surface area (TPSA) is 75.3 Å². The van der Waals surface area contributed by atoms with Crippen LogP contribution in [0.15, 0.2) is 53.4 Å². The summed E-state index contributed by atoms with van der Waals surface area (Å²) in [5.41, 5.74) is 0.946. The highest BCUT2D eigenvalue weighted by atomic mass is 35.5. The predicted molar refractivity (Wildman–Crippen MR) is 119 cm³/mol. The normalized spacial score (nSPS) is 22.9. The Morgan fingerprint density at radius 3 is 2.13 bits per heavy atom. The van der Waals surface area contributed by atoms with Crippen LogP contribution in [-0.4, -0.2) is 20.4 Å². The van der Waals surface area contributed by atoms with Gasteiger partial charge in [0.25, 0.3) is 10.0 Å². The second-order valence-corrected chi connectivity index (χ2v) is 10.8. The summed E-state index contributed by atoms with van der Waals surface area (Å²) >= 11 is 5.83. The maximum atomic E-state index is 13.0. The lowest BCUT2D eigenvalue weighted by atomic mass is 9.86. The maximum Gasteiger partial charge on any atom is 0.261 e. The molecule has 1 amide bonds. The molecule has 5 nitrogen and oxygen atoms in total. The number of carbonyl (C=O) groups excluding carboxylic acids is 1. The van der Waals surface area contributed by atoms with Gasteiger partial charge in [-0.1, -0.05) is 30.7 Å². The summed E-state index contributed by atoms with van der Waals surface area (Å²) in [6.07, 6.45) is 6.10. The van der Waals surface area contributed by atoms with Crippen LogP contribution in [-0.2, 0) is 20.2 Å². The Kier molecular flexibility index (Phi) is 5.82. The molecule has 2 fully saturated rings. The molecule has 2 N–H and O–H groups in total. The number of amides is 1. The van der Waals surface area contributed by atoms with E-state index in [1.54, 1.807) is 24.3 Å². The molecule has 0 saturated heterocycles. The van der Waals surface area contributed by atoms with Gasteiger partial charge in [-0.25, -0.2) is 8.42 Å². The Hall–Kier alpha value is -2.05. The van der Waals surface area contributed by atoms with E-state index in [1.165, 1.54) is 25.0 Å². The van der Waals surface area contributed by atoms with Crippen molar-refractivity contribution in [1.82, 2.24) is 5.32 Å². The summed E-state index contributed by atoms with van der Waals surface area (Å²) in [6, 6.07) is 13.4. The van der Waals surface area contributed by atoms with Crippen LogP contribution in [0.3, 0.4) is 0 Å². The number of hydrogen-bond donors (Lipinski definition) is 2. The van der Waals surface area contributed by atoms with Gasteiger partial charge in [-0.05, 0) is 86.4 Å². The van der Waals surface area contributed by atoms with E-state index in [0.717, 1.165) is 37.2 Å². The van der Waals surface area contributed by atoms with Gasteiger partial charge in [0.05, 0.1) is 10.3 Å². The smallest absolute Gasteiger partial charge is 0.261 e. The van der Waals surface area contributed by atoms with Crippen molar-refractivity contribution in [2.75, 3.05) is 4.72 Å². The van der Waals surface area contributed by atoms with Crippen molar-refractivity contribution in [2.45, 2.75) is 61.8 Å². The summed E-state index contributed by atoms with van der Waals surface area (Å²) < 4.78 is 27.7. The molecular formula is C23H27ClN2O3S. The van der Waals surface area contributed by atoms with Crippen molar-refractivity contribution in [1.29, 1.82) is 0 Å². The standard InChI is InChI=1S/C23H27ClN2O3S/c1-16-2-8-19(9-3-16)25-22(27)23(14-15-23)17-4-10-20(11-5-17)26-30(28,29)21-12-6-18(24)7-13-21/h4-7,10-13,16,19,26H,2-3,8-9,14-15H2,1H3,(H,25,27). The molecule has 30 heavy (non-hydrogen) atoms. The average molecular weight is 447 g/mol. The fourth-order valence-corrected chi connectivity index (χ4v) is 5.37. The van der Waals surface area contributed by atoms with Crippen LogP contribution in [0.25, 0.3) is 0 Å². The van der Waals surface area contributed by atoms with E-state index in [0.29, 0.717) is 10.7 Å². The fraction of sp³-hybridized carbons (Fsp3) is 0.435. The number of anilines is 1. The summed E-state index contributed by atoms with van der Waals surface area (Å²) in [7, 11) is -3.69. The molecule has 160 valence electrons. The lowest BCUT2D eigenvalue weighted by molar-refractivity contribution is -0.124. The number of sulfonamides is 1. The lowest BCUT2D eigenvalue weighted by Gasteiger charge is -2.28. The minimum Gasteiger partial charge on any atom is -0.353 e. The van der Waals surface area contributed by atoms with Crippen LogP contribution in [0.2, 0.25) is 5.02 Å². The SMILES string of the molecule is CC1CCC(NC(=O)C2(c3ccc(NS(=O)(=O)c4ccc(Cl)cc4)cc3)CC2)CC1. The van der Waals surface area contributed by atoms with E-state index >= 15 is 0 Å². The highest BCUT2D eigenvalue weighted by molar-refractivity contribution is 7.92. The molecule has 7 heteroatoms. The number of benzene rings is 2. The third-order valence-corrected chi connectivity index (χ3v) is 8.00. The van der Waals surface area contributed by atoms with Crippen LogP contribution in [0.1, 0.15) is 51.0 Å². The molecule has 0 unspecified atom stereocenters. The summed E-state index contributed by atoms with van der Waals surface area (Å²) in [5.74, 6) is 0.855. The minimum atomic E-state index is -3.69. The number of carbonyl (C=O) groups is 1. The van der Waals surface area contributed by atoms with Gasteiger partial charge in [0.2, 0.25) is 5.91 Å². The van der Waals surface area contributed by atoms with Crippen LogP contribution in [0.5, 0.6) is 0 Å². The number of halogens is 1. The first kappa shape index (κ1) is 21.2. The van der Waals surface area contributed by atoms with Gasteiger partial charge in [-0.2, -0.15) is 0 Å². The number of hydrogen-bond acceptors (Lipinski definition) is 3.